The van der Waals surface area contributed by atoms with Crippen molar-refractivity contribution < 1.29 is 17.3 Å². The number of nitrogens with zero attached hydrogens (tertiary/aromatic N) is 1. The molecule has 4 nitrogen and oxygen atoms in total. The highest BCUT2D eigenvalue weighted by Crippen LogP contribution is 2.02. The van der Waals surface area contributed by atoms with Gasteiger partial charge in [0.25, 0.3) is 0 Å². The van der Waals surface area contributed by atoms with E-state index in [0.29, 0.717) is 6.42 Å². The first-order chi connectivity index (χ1) is 4.77. The van der Waals surface area contributed by atoms with Crippen LogP contribution in [0.4, 0.5) is 0 Å². The molecule has 0 aromatic rings. The second-order valence-corrected chi connectivity index (χ2v) is 4.90. The van der Waals surface area contributed by atoms with E-state index in [9.17, 15) is 8.42 Å². The van der Waals surface area contributed by atoms with Crippen LogP contribution in [0.3, 0.4) is 0 Å². The summed E-state index contributed by atoms with van der Waals surface area (Å²) in [6.45, 7) is 1.80. The molecule has 0 saturated carbocycles. The van der Waals surface area contributed by atoms with Crippen molar-refractivity contribution in [2.75, 3.05) is 26.9 Å². The largest absolute Gasteiger partial charge is 0.314 e. The SMILES string of the molecule is CCCS(=O)(=O)O[N+](C)(C)C. The van der Waals surface area contributed by atoms with Crippen molar-refractivity contribution in [3.8, 4) is 0 Å². The van der Waals surface area contributed by atoms with E-state index in [2.05, 4.69) is 0 Å². The van der Waals surface area contributed by atoms with Gasteiger partial charge in [-0.2, -0.15) is 13.1 Å². The first-order valence-corrected chi connectivity index (χ1v) is 5.10. The summed E-state index contributed by atoms with van der Waals surface area (Å²) < 4.78 is 26.8. The van der Waals surface area contributed by atoms with E-state index in [-0.39, 0.29) is 10.4 Å². The Balaban J connectivity index is 4.15. The van der Waals surface area contributed by atoms with Crippen LogP contribution in [0.2, 0.25) is 0 Å². The molecule has 0 fully saturated rings. The summed E-state index contributed by atoms with van der Waals surface area (Å²) in [4.78, 5) is 0. The molecular formula is C6H16NO3S+. The van der Waals surface area contributed by atoms with Crippen molar-refractivity contribution in [1.29, 1.82) is 0 Å². The normalized spacial score (nSPS) is 13.5. The van der Waals surface area contributed by atoms with E-state index < -0.39 is 10.1 Å². The minimum Gasteiger partial charge on any atom is -0.194 e. The molecule has 0 aliphatic carbocycles. The third kappa shape index (κ3) is 6.28. The van der Waals surface area contributed by atoms with Crippen LogP contribution in [-0.2, 0) is 14.4 Å². The second kappa shape index (κ2) is 3.51. The zero-order chi connectivity index (χ0) is 9.12. The van der Waals surface area contributed by atoms with E-state index >= 15 is 0 Å². The van der Waals surface area contributed by atoms with Crippen LogP contribution < -0.4 is 0 Å². The van der Waals surface area contributed by atoms with Gasteiger partial charge in [0.15, 0.2) is 0 Å². The molecule has 68 valence electrons. The highest BCUT2D eigenvalue weighted by atomic mass is 32.2. The maximum Gasteiger partial charge on any atom is 0.314 e. The van der Waals surface area contributed by atoms with E-state index in [1.807, 2.05) is 0 Å². The fraction of sp³-hybridized carbons (Fsp3) is 1.00. The monoisotopic (exact) mass is 182 g/mol. The summed E-state index contributed by atoms with van der Waals surface area (Å²) >= 11 is 0. The molecule has 0 atom stereocenters. The lowest BCUT2D eigenvalue weighted by Gasteiger charge is -2.19. The van der Waals surface area contributed by atoms with Gasteiger partial charge in [0, 0.05) is 0 Å². The first kappa shape index (κ1) is 10.9. The minimum absolute atomic E-state index is 0.0116. The van der Waals surface area contributed by atoms with Crippen LogP contribution in [0.5, 0.6) is 0 Å². The van der Waals surface area contributed by atoms with Crippen molar-refractivity contribution in [3.63, 3.8) is 0 Å². The molecular weight excluding hydrogens is 166 g/mol. The molecule has 0 spiro atoms. The Morgan fingerprint density at radius 2 is 1.73 bits per heavy atom. The molecule has 5 heteroatoms. The predicted molar refractivity (Wildman–Crippen MR) is 43.2 cm³/mol. The topological polar surface area (TPSA) is 43.4 Å². The fourth-order valence-electron chi connectivity index (χ4n) is 0.628. The highest BCUT2D eigenvalue weighted by molar-refractivity contribution is 7.86. The lowest BCUT2D eigenvalue weighted by molar-refractivity contribution is -1.03. The summed E-state index contributed by atoms with van der Waals surface area (Å²) in [6.07, 6.45) is 0.586. The van der Waals surface area contributed by atoms with E-state index in [4.69, 9.17) is 4.28 Å². The third-order valence-electron chi connectivity index (χ3n) is 0.791. The van der Waals surface area contributed by atoms with E-state index in [0.717, 1.165) is 0 Å². The fourth-order valence-corrected chi connectivity index (χ4v) is 1.88. The van der Waals surface area contributed by atoms with Gasteiger partial charge in [-0.15, -0.1) is 0 Å². The van der Waals surface area contributed by atoms with Crippen LogP contribution in [0, 0.1) is 0 Å². The molecule has 0 aromatic heterocycles. The molecule has 11 heavy (non-hydrogen) atoms. The van der Waals surface area contributed by atoms with Gasteiger partial charge in [-0.05, 0) is 6.42 Å². The van der Waals surface area contributed by atoms with Crippen molar-refractivity contribution >= 4 is 10.1 Å². The number of hydrogen-bond acceptors (Lipinski definition) is 3. The standard InChI is InChI=1S/C6H16NO3S/c1-5-6-11(8,9)10-7(2,3)4/h5-6H2,1-4H3/q+1. The first-order valence-electron chi connectivity index (χ1n) is 3.52. The van der Waals surface area contributed by atoms with Crippen LogP contribution in [0.25, 0.3) is 0 Å². The summed E-state index contributed by atoms with van der Waals surface area (Å²) in [5.74, 6) is 0.0858. The highest BCUT2D eigenvalue weighted by Gasteiger charge is 2.20. The van der Waals surface area contributed by atoms with Gasteiger partial charge in [-0.1, -0.05) is 11.2 Å². The van der Waals surface area contributed by atoms with Gasteiger partial charge in [-0.3, -0.25) is 0 Å². The van der Waals surface area contributed by atoms with Crippen LogP contribution in [0.1, 0.15) is 13.3 Å². The molecule has 0 aromatic carbocycles. The van der Waals surface area contributed by atoms with E-state index in [1.165, 1.54) is 0 Å². The Labute approximate surface area is 68.4 Å². The summed E-state index contributed by atoms with van der Waals surface area (Å²) in [6, 6.07) is 0. The minimum atomic E-state index is -3.32. The average molecular weight is 182 g/mol. The maximum absolute atomic E-state index is 11.0. The van der Waals surface area contributed by atoms with Gasteiger partial charge in [0.05, 0.1) is 26.9 Å². The molecule has 0 aliphatic rings. The number of hydrogen-bond donors (Lipinski definition) is 0. The third-order valence-corrected chi connectivity index (χ3v) is 2.37. The molecule has 0 N–H and O–H groups in total. The molecule has 0 rings (SSSR count). The lowest BCUT2D eigenvalue weighted by Crippen LogP contribution is -2.37. The second-order valence-electron chi connectivity index (χ2n) is 3.23. The van der Waals surface area contributed by atoms with Gasteiger partial charge in [0.2, 0.25) is 0 Å². The summed E-state index contributed by atoms with van der Waals surface area (Å²) in [7, 11) is 1.66. The molecule has 0 unspecified atom stereocenters. The summed E-state index contributed by atoms with van der Waals surface area (Å²) in [5.41, 5.74) is 0. The van der Waals surface area contributed by atoms with Crippen LogP contribution in [0.15, 0.2) is 0 Å². The summed E-state index contributed by atoms with van der Waals surface area (Å²) in [5, 5.41) is 0. The predicted octanol–water partition coefficient (Wildman–Crippen LogP) is 0.364. The van der Waals surface area contributed by atoms with Crippen molar-refractivity contribution in [2.24, 2.45) is 0 Å². The Hall–Kier alpha value is -0.130. The zero-order valence-electron chi connectivity index (χ0n) is 7.49. The van der Waals surface area contributed by atoms with Gasteiger partial charge >= 0.3 is 10.1 Å². The molecule has 0 radical (unpaired) electrons. The van der Waals surface area contributed by atoms with Gasteiger partial charge in [0.1, 0.15) is 0 Å². The Kier molecular flexibility index (Phi) is 3.47. The van der Waals surface area contributed by atoms with Gasteiger partial charge < -0.3 is 0 Å². The zero-order valence-corrected chi connectivity index (χ0v) is 8.31. The molecule has 0 bridgehead atoms. The number of quaternary nitrogens is 1. The Bertz CT molecular complexity index is 202. The smallest absolute Gasteiger partial charge is 0.194 e. The number of rotatable bonds is 4. The molecule has 0 amide bonds. The lowest BCUT2D eigenvalue weighted by atomic mass is 10.6. The maximum atomic E-state index is 11.0. The molecule has 0 aliphatic heterocycles. The quantitative estimate of drug-likeness (QED) is 0.466. The van der Waals surface area contributed by atoms with Crippen molar-refractivity contribution in [1.82, 2.24) is 0 Å². The Morgan fingerprint density at radius 1 is 1.27 bits per heavy atom. The Morgan fingerprint density at radius 3 is 2.00 bits per heavy atom. The average Bonchev–Trinajstić information content (AvgIpc) is 1.55. The number of hydroxylamine groups is 3. The van der Waals surface area contributed by atoms with Gasteiger partial charge in [-0.25, -0.2) is 0 Å². The van der Waals surface area contributed by atoms with Crippen LogP contribution >= 0.6 is 0 Å². The van der Waals surface area contributed by atoms with Crippen molar-refractivity contribution in [2.45, 2.75) is 13.3 Å². The van der Waals surface area contributed by atoms with Crippen LogP contribution in [-0.4, -0.2) is 40.0 Å². The van der Waals surface area contributed by atoms with E-state index in [1.54, 1.807) is 28.1 Å². The molecule has 0 saturated heterocycles. The molecule has 0 heterocycles. The van der Waals surface area contributed by atoms with Crippen molar-refractivity contribution in [3.05, 3.63) is 0 Å².